The molecule has 1 aliphatic heterocycles. The van der Waals surface area contributed by atoms with E-state index in [1.165, 1.54) is 12.1 Å². The summed E-state index contributed by atoms with van der Waals surface area (Å²) in [4.78, 5) is 11.2. The number of halogens is 2. The van der Waals surface area contributed by atoms with Crippen LogP contribution in [0.5, 0.6) is 0 Å². The van der Waals surface area contributed by atoms with Gasteiger partial charge in [-0.1, -0.05) is 12.1 Å². The van der Waals surface area contributed by atoms with Crippen molar-refractivity contribution in [1.82, 2.24) is 0 Å². The SMILES string of the molecule is O=C1Cc2cc(Cc3cc(F)cc(F)c3)ccc2N1. The molecule has 2 aromatic carbocycles. The molecule has 0 saturated heterocycles. The maximum atomic E-state index is 13.1. The Hall–Kier alpha value is -2.23. The number of carbonyl (C=O) groups is 1. The molecule has 0 spiro atoms. The lowest BCUT2D eigenvalue weighted by Gasteiger charge is -2.05. The van der Waals surface area contributed by atoms with E-state index in [9.17, 15) is 13.6 Å². The van der Waals surface area contributed by atoms with Gasteiger partial charge < -0.3 is 5.32 Å². The minimum atomic E-state index is -0.576. The van der Waals surface area contributed by atoms with Crippen LogP contribution < -0.4 is 5.32 Å². The van der Waals surface area contributed by atoms with Gasteiger partial charge >= 0.3 is 0 Å². The largest absolute Gasteiger partial charge is 0.326 e. The van der Waals surface area contributed by atoms with E-state index < -0.39 is 11.6 Å². The highest BCUT2D eigenvalue weighted by Gasteiger charge is 2.17. The molecule has 0 atom stereocenters. The average molecular weight is 259 g/mol. The lowest BCUT2D eigenvalue weighted by molar-refractivity contribution is -0.115. The first-order valence-corrected chi connectivity index (χ1v) is 5.97. The fourth-order valence-corrected chi connectivity index (χ4v) is 2.34. The lowest BCUT2D eigenvalue weighted by Crippen LogP contribution is -2.03. The van der Waals surface area contributed by atoms with Gasteiger partial charge in [-0.15, -0.1) is 0 Å². The second-order valence-electron chi connectivity index (χ2n) is 4.67. The molecule has 0 radical (unpaired) electrons. The molecule has 1 amide bonds. The third kappa shape index (κ3) is 2.47. The van der Waals surface area contributed by atoms with E-state index in [1.807, 2.05) is 18.2 Å². The molecule has 1 aliphatic rings. The van der Waals surface area contributed by atoms with Crippen molar-refractivity contribution < 1.29 is 13.6 Å². The predicted octanol–water partition coefficient (Wildman–Crippen LogP) is 3.05. The number of amides is 1. The van der Waals surface area contributed by atoms with Crippen molar-refractivity contribution in [3.8, 4) is 0 Å². The minimum absolute atomic E-state index is 0.0241. The number of benzene rings is 2. The minimum Gasteiger partial charge on any atom is -0.326 e. The Morgan fingerprint density at radius 3 is 2.47 bits per heavy atom. The summed E-state index contributed by atoms with van der Waals surface area (Å²) < 4.78 is 26.2. The van der Waals surface area contributed by atoms with Crippen molar-refractivity contribution in [3.05, 3.63) is 64.7 Å². The Morgan fingerprint density at radius 2 is 1.74 bits per heavy atom. The monoisotopic (exact) mass is 259 g/mol. The highest BCUT2D eigenvalue weighted by atomic mass is 19.1. The Bertz CT molecular complexity index is 647. The van der Waals surface area contributed by atoms with Gasteiger partial charge in [-0.3, -0.25) is 4.79 Å². The summed E-state index contributed by atoms with van der Waals surface area (Å²) in [6.45, 7) is 0. The third-order valence-corrected chi connectivity index (χ3v) is 3.13. The molecule has 0 aromatic heterocycles. The first-order chi connectivity index (χ1) is 9.10. The molecular weight excluding hydrogens is 248 g/mol. The molecule has 0 fully saturated rings. The van der Waals surface area contributed by atoms with Gasteiger partial charge in [0.2, 0.25) is 5.91 Å². The van der Waals surface area contributed by atoms with Crippen molar-refractivity contribution in [2.45, 2.75) is 12.8 Å². The smallest absolute Gasteiger partial charge is 0.228 e. The van der Waals surface area contributed by atoms with Crippen molar-refractivity contribution in [1.29, 1.82) is 0 Å². The van der Waals surface area contributed by atoms with Crippen LogP contribution in [0.15, 0.2) is 36.4 Å². The molecule has 0 bridgehead atoms. The number of rotatable bonds is 2. The molecule has 0 aliphatic carbocycles. The van der Waals surface area contributed by atoms with Crippen LogP contribution in [0.1, 0.15) is 16.7 Å². The molecule has 0 saturated carbocycles. The van der Waals surface area contributed by atoms with Gasteiger partial charge in [0.05, 0.1) is 6.42 Å². The first kappa shape index (κ1) is 11.8. The highest BCUT2D eigenvalue weighted by Crippen LogP contribution is 2.25. The molecule has 1 heterocycles. The predicted molar refractivity (Wildman–Crippen MR) is 67.9 cm³/mol. The van der Waals surface area contributed by atoms with Gasteiger partial charge in [0.15, 0.2) is 0 Å². The van der Waals surface area contributed by atoms with E-state index >= 15 is 0 Å². The first-order valence-electron chi connectivity index (χ1n) is 5.97. The van der Waals surface area contributed by atoms with Crippen LogP contribution in [0.25, 0.3) is 0 Å². The van der Waals surface area contributed by atoms with Crippen molar-refractivity contribution in [2.24, 2.45) is 0 Å². The van der Waals surface area contributed by atoms with E-state index in [4.69, 9.17) is 0 Å². The van der Waals surface area contributed by atoms with E-state index in [0.717, 1.165) is 22.9 Å². The molecule has 96 valence electrons. The van der Waals surface area contributed by atoms with Crippen LogP contribution in [0.4, 0.5) is 14.5 Å². The molecule has 0 unspecified atom stereocenters. The van der Waals surface area contributed by atoms with Crippen LogP contribution in [0, 0.1) is 11.6 Å². The highest BCUT2D eigenvalue weighted by molar-refractivity contribution is 5.99. The van der Waals surface area contributed by atoms with Crippen LogP contribution in [0.3, 0.4) is 0 Å². The van der Waals surface area contributed by atoms with Gasteiger partial charge in [-0.25, -0.2) is 8.78 Å². The molecule has 1 N–H and O–H groups in total. The number of hydrogen-bond acceptors (Lipinski definition) is 1. The summed E-state index contributed by atoms with van der Waals surface area (Å²) in [5, 5.41) is 2.75. The molecule has 19 heavy (non-hydrogen) atoms. The zero-order chi connectivity index (χ0) is 13.4. The topological polar surface area (TPSA) is 29.1 Å². The van der Waals surface area contributed by atoms with Crippen molar-refractivity contribution in [2.75, 3.05) is 5.32 Å². The van der Waals surface area contributed by atoms with Crippen LogP contribution in [0.2, 0.25) is 0 Å². The normalized spacial score (nSPS) is 13.3. The molecule has 2 nitrogen and oxygen atoms in total. The number of fused-ring (bicyclic) bond motifs is 1. The maximum absolute atomic E-state index is 13.1. The van der Waals surface area contributed by atoms with E-state index in [0.29, 0.717) is 18.4 Å². The fraction of sp³-hybridized carbons (Fsp3) is 0.133. The Labute approximate surface area is 109 Å². The average Bonchev–Trinajstić information content (AvgIpc) is 2.67. The summed E-state index contributed by atoms with van der Waals surface area (Å²) in [5.74, 6) is -1.18. The fourth-order valence-electron chi connectivity index (χ4n) is 2.34. The molecule has 2 aromatic rings. The number of hydrogen-bond donors (Lipinski definition) is 1. The number of anilines is 1. The van der Waals surface area contributed by atoms with Gasteiger partial charge in [-0.2, -0.15) is 0 Å². The van der Waals surface area contributed by atoms with Gasteiger partial charge in [0, 0.05) is 11.8 Å². The molecular formula is C15H11F2NO. The second kappa shape index (κ2) is 4.46. The van der Waals surface area contributed by atoms with Gasteiger partial charge in [-0.05, 0) is 41.3 Å². The Morgan fingerprint density at radius 1 is 1.00 bits per heavy atom. The number of nitrogens with one attached hydrogen (secondary N) is 1. The quantitative estimate of drug-likeness (QED) is 0.882. The van der Waals surface area contributed by atoms with Gasteiger partial charge in [0.25, 0.3) is 0 Å². The maximum Gasteiger partial charge on any atom is 0.228 e. The summed E-state index contributed by atoms with van der Waals surface area (Å²) in [7, 11) is 0. The zero-order valence-electron chi connectivity index (χ0n) is 10.0. The van der Waals surface area contributed by atoms with Crippen molar-refractivity contribution >= 4 is 11.6 Å². The summed E-state index contributed by atoms with van der Waals surface area (Å²) in [6, 6.07) is 9.07. The summed E-state index contributed by atoms with van der Waals surface area (Å²) in [5.41, 5.74) is 3.26. The van der Waals surface area contributed by atoms with Crippen LogP contribution >= 0.6 is 0 Å². The second-order valence-corrected chi connectivity index (χ2v) is 4.67. The van der Waals surface area contributed by atoms with E-state index in [1.54, 1.807) is 0 Å². The zero-order valence-corrected chi connectivity index (χ0v) is 10.0. The standard InChI is InChI=1S/C15H11F2NO/c16-12-5-10(6-13(17)8-12)3-9-1-2-14-11(4-9)7-15(19)18-14/h1-2,4-6,8H,3,7H2,(H,18,19). The van der Waals surface area contributed by atoms with E-state index in [-0.39, 0.29) is 5.91 Å². The summed E-state index contributed by atoms with van der Waals surface area (Å²) in [6.07, 6.45) is 0.802. The Balaban J connectivity index is 1.88. The van der Waals surface area contributed by atoms with E-state index in [2.05, 4.69) is 5.32 Å². The van der Waals surface area contributed by atoms with Crippen LogP contribution in [-0.2, 0) is 17.6 Å². The number of carbonyl (C=O) groups excluding carboxylic acids is 1. The third-order valence-electron chi connectivity index (χ3n) is 3.13. The van der Waals surface area contributed by atoms with Crippen molar-refractivity contribution in [3.63, 3.8) is 0 Å². The van der Waals surface area contributed by atoms with Gasteiger partial charge in [0.1, 0.15) is 11.6 Å². The summed E-state index contributed by atoms with van der Waals surface area (Å²) >= 11 is 0. The Kier molecular flexibility index (Phi) is 2.78. The molecule has 3 rings (SSSR count). The molecule has 4 heteroatoms. The lowest BCUT2D eigenvalue weighted by atomic mass is 10.0. The van der Waals surface area contributed by atoms with Crippen LogP contribution in [-0.4, -0.2) is 5.91 Å².